The summed E-state index contributed by atoms with van der Waals surface area (Å²) in [6.07, 6.45) is 2.89. The molecule has 0 N–H and O–H groups in total. The van der Waals surface area contributed by atoms with Gasteiger partial charge in [0.25, 0.3) is 0 Å². The van der Waals surface area contributed by atoms with Crippen LogP contribution in [0.15, 0.2) is 60.1 Å². The van der Waals surface area contributed by atoms with Crippen LogP contribution in [0.2, 0.25) is 0 Å². The highest BCUT2D eigenvalue weighted by Crippen LogP contribution is 2.20. The summed E-state index contributed by atoms with van der Waals surface area (Å²) >= 11 is 1.58. The Morgan fingerprint density at radius 1 is 1.08 bits per heavy atom. The van der Waals surface area contributed by atoms with Gasteiger partial charge in [0.1, 0.15) is 0 Å². The predicted octanol–water partition coefficient (Wildman–Crippen LogP) is 3.80. The maximum absolute atomic E-state index is 12.3. The minimum absolute atomic E-state index is 0.133. The Labute approximate surface area is 145 Å². The van der Waals surface area contributed by atoms with Gasteiger partial charge in [-0.3, -0.25) is 9.78 Å². The van der Waals surface area contributed by atoms with E-state index >= 15 is 0 Å². The molecule has 24 heavy (non-hydrogen) atoms. The van der Waals surface area contributed by atoms with Crippen molar-refractivity contribution >= 4 is 17.2 Å². The third-order valence-electron chi connectivity index (χ3n) is 3.72. The Morgan fingerprint density at radius 2 is 1.88 bits per heavy atom. The van der Waals surface area contributed by atoms with E-state index in [0.29, 0.717) is 19.4 Å². The van der Waals surface area contributed by atoms with E-state index in [1.807, 2.05) is 61.0 Å². The second-order valence-corrected chi connectivity index (χ2v) is 6.52. The van der Waals surface area contributed by atoms with Crippen LogP contribution < -0.4 is 0 Å². The number of hydrogen-bond donors (Lipinski definition) is 0. The van der Waals surface area contributed by atoms with Gasteiger partial charge in [0.15, 0.2) is 0 Å². The molecule has 0 fully saturated rings. The van der Waals surface area contributed by atoms with Gasteiger partial charge in [-0.1, -0.05) is 36.4 Å². The number of pyridine rings is 1. The maximum atomic E-state index is 12.3. The van der Waals surface area contributed by atoms with Gasteiger partial charge in [-0.25, -0.2) is 4.98 Å². The second kappa shape index (κ2) is 7.84. The molecule has 0 bridgehead atoms. The van der Waals surface area contributed by atoms with Crippen LogP contribution in [0.5, 0.6) is 0 Å². The van der Waals surface area contributed by atoms with Crippen molar-refractivity contribution in [2.24, 2.45) is 0 Å². The van der Waals surface area contributed by atoms with Gasteiger partial charge in [-0.05, 0) is 17.7 Å². The van der Waals surface area contributed by atoms with E-state index in [4.69, 9.17) is 0 Å². The molecule has 0 unspecified atom stereocenters. The molecule has 4 nitrogen and oxygen atoms in total. The molecule has 0 atom stereocenters. The van der Waals surface area contributed by atoms with Crippen LogP contribution in [0.4, 0.5) is 0 Å². The number of carbonyl (C=O) groups is 1. The highest BCUT2D eigenvalue weighted by molar-refractivity contribution is 7.09. The normalized spacial score (nSPS) is 10.5. The zero-order valence-corrected chi connectivity index (χ0v) is 14.4. The molecule has 3 aromatic rings. The fourth-order valence-electron chi connectivity index (χ4n) is 2.41. The van der Waals surface area contributed by atoms with Crippen molar-refractivity contribution in [3.63, 3.8) is 0 Å². The quantitative estimate of drug-likeness (QED) is 0.687. The zero-order chi connectivity index (χ0) is 16.8. The Kier molecular flexibility index (Phi) is 5.33. The number of thiazole rings is 1. The first-order chi connectivity index (χ1) is 11.7. The summed E-state index contributed by atoms with van der Waals surface area (Å²) in [5.74, 6) is 0.133. The van der Waals surface area contributed by atoms with Gasteiger partial charge >= 0.3 is 0 Å². The summed E-state index contributed by atoms with van der Waals surface area (Å²) in [6.45, 7) is 0.636. The molecule has 0 aliphatic rings. The van der Waals surface area contributed by atoms with Crippen molar-refractivity contribution in [3.8, 4) is 11.4 Å². The third kappa shape index (κ3) is 4.26. The van der Waals surface area contributed by atoms with E-state index in [2.05, 4.69) is 9.97 Å². The first-order valence-electron chi connectivity index (χ1n) is 7.86. The lowest BCUT2D eigenvalue weighted by Crippen LogP contribution is -2.26. The molecular weight excluding hydrogens is 318 g/mol. The highest BCUT2D eigenvalue weighted by Gasteiger charge is 2.11. The Hall–Kier alpha value is -2.53. The average molecular weight is 337 g/mol. The first kappa shape index (κ1) is 16.3. The van der Waals surface area contributed by atoms with Crippen molar-refractivity contribution in [3.05, 3.63) is 70.7 Å². The zero-order valence-electron chi connectivity index (χ0n) is 13.6. The molecule has 2 aromatic heterocycles. The molecular formula is C19H19N3OS. The lowest BCUT2D eigenvalue weighted by atomic mass is 10.2. The van der Waals surface area contributed by atoms with Crippen molar-refractivity contribution in [2.75, 3.05) is 7.05 Å². The molecule has 3 rings (SSSR count). The number of benzene rings is 1. The number of carbonyl (C=O) groups excluding carboxylic acids is 1. The molecule has 0 aliphatic heterocycles. The summed E-state index contributed by atoms with van der Waals surface area (Å²) in [5.41, 5.74) is 2.88. The monoisotopic (exact) mass is 337 g/mol. The maximum Gasteiger partial charge on any atom is 0.223 e. The van der Waals surface area contributed by atoms with Crippen molar-refractivity contribution < 1.29 is 4.79 Å². The SMILES string of the molecule is CN(Cc1ccccc1)C(=O)CCc1nc(-c2ccccn2)cs1. The Bertz CT molecular complexity index is 787. The van der Waals surface area contributed by atoms with E-state index in [9.17, 15) is 4.79 Å². The second-order valence-electron chi connectivity index (χ2n) is 5.58. The molecule has 2 heterocycles. The van der Waals surface area contributed by atoms with Gasteiger partial charge in [0.05, 0.1) is 16.4 Å². The van der Waals surface area contributed by atoms with Gasteiger partial charge in [0.2, 0.25) is 5.91 Å². The third-order valence-corrected chi connectivity index (χ3v) is 4.63. The minimum atomic E-state index is 0.133. The molecule has 1 amide bonds. The topological polar surface area (TPSA) is 46.1 Å². The van der Waals surface area contributed by atoms with Crippen LogP contribution >= 0.6 is 11.3 Å². The van der Waals surface area contributed by atoms with Crippen LogP contribution in [0.25, 0.3) is 11.4 Å². The molecule has 0 saturated carbocycles. The lowest BCUT2D eigenvalue weighted by molar-refractivity contribution is -0.130. The standard InChI is InChI=1S/C19H19N3OS/c1-22(13-15-7-3-2-4-8-15)19(23)11-10-18-21-17(14-24-18)16-9-5-6-12-20-16/h2-9,12,14H,10-11,13H2,1H3. The van der Waals surface area contributed by atoms with Crippen LogP contribution in [-0.2, 0) is 17.8 Å². The largest absolute Gasteiger partial charge is 0.341 e. The summed E-state index contributed by atoms with van der Waals surface area (Å²) in [5, 5.41) is 2.97. The number of amides is 1. The molecule has 0 saturated heterocycles. The van der Waals surface area contributed by atoms with E-state index in [0.717, 1.165) is 22.0 Å². The van der Waals surface area contributed by atoms with Crippen molar-refractivity contribution in [1.29, 1.82) is 0 Å². The number of rotatable bonds is 6. The van der Waals surface area contributed by atoms with Gasteiger partial charge in [0, 0.05) is 38.0 Å². The van der Waals surface area contributed by atoms with E-state index in [1.54, 1.807) is 22.4 Å². The summed E-state index contributed by atoms with van der Waals surface area (Å²) in [7, 11) is 1.84. The number of aryl methyl sites for hydroxylation is 1. The molecule has 122 valence electrons. The fourth-order valence-corrected chi connectivity index (χ4v) is 3.20. The summed E-state index contributed by atoms with van der Waals surface area (Å²) in [6, 6.07) is 15.8. The van der Waals surface area contributed by atoms with Crippen LogP contribution in [0.3, 0.4) is 0 Å². The van der Waals surface area contributed by atoms with Crippen LogP contribution in [0.1, 0.15) is 17.0 Å². The molecule has 5 heteroatoms. The van der Waals surface area contributed by atoms with E-state index in [-0.39, 0.29) is 5.91 Å². The first-order valence-corrected chi connectivity index (χ1v) is 8.74. The smallest absolute Gasteiger partial charge is 0.223 e. The van der Waals surface area contributed by atoms with Gasteiger partial charge in [-0.2, -0.15) is 0 Å². The van der Waals surface area contributed by atoms with Crippen LogP contribution in [0, 0.1) is 0 Å². The fraction of sp³-hybridized carbons (Fsp3) is 0.211. The Balaban J connectivity index is 1.54. The van der Waals surface area contributed by atoms with Crippen molar-refractivity contribution in [1.82, 2.24) is 14.9 Å². The number of aromatic nitrogens is 2. The molecule has 0 radical (unpaired) electrons. The number of nitrogens with zero attached hydrogens (tertiary/aromatic N) is 3. The summed E-state index contributed by atoms with van der Waals surface area (Å²) < 4.78 is 0. The van der Waals surface area contributed by atoms with Gasteiger partial charge in [-0.15, -0.1) is 11.3 Å². The molecule has 0 spiro atoms. The van der Waals surface area contributed by atoms with Gasteiger partial charge < -0.3 is 4.90 Å². The highest BCUT2D eigenvalue weighted by atomic mass is 32.1. The average Bonchev–Trinajstić information content (AvgIpc) is 3.10. The van der Waals surface area contributed by atoms with Crippen molar-refractivity contribution in [2.45, 2.75) is 19.4 Å². The van der Waals surface area contributed by atoms with E-state index in [1.165, 1.54) is 0 Å². The molecule has 0 aliphatic carbocycles. The lowest BCUT2D eigenvalue weighted by Gasteiger charge is -2.16. The summed E-state index contributed by atoms with van der Waals surface area (Å²) in [4.78, 5) is 22.9. The minimum Gasteiger partial charge on any atom is -0.341 e. The Morgan fingerprint density at radius 3 is 2.62 bits per heavy atom. The predicted molar refractivity (Wildman–Crippen MR) is 96.6 cm³/mol. The number of hydrogen-bond acceptors (Lipinski definition) is 4. The van der Waals surface area contributed by atoms with E-state index < -0.39 is 0 Å². The van der Waals surface area contributed by atoms with Crippen LogP contribution in [-0.4, -0.2) is 27.8 Å². The molecule has 1 aromatic carbocycles.